The number of hydrogen-bond acceptors (Lipinski definition) is 4. The molecule has 1 saturated heterocycles. The van der Waals surface area contributed by atoms with Crippen molar-refractivity contribution in [3.05, 3.63) is 35.4 Å². The summed E-state index contributed by atoms with van der Waals surface area (Å²) in [6, 6.07) is 7.27. The summed E-state index contributed by atoms with van der Waals surface area (Å²) in [5.41, 5.74) is 1.99. The lowest BCUT2D eigenvalue weighted by Gasteiger charge is -2.28. The summed E-state index contributed by atoms with van der Waals surface area (Å²) in [5.74, 6) is -0.614. The minimum absolute atomic E-state index is 0.121. The third-order valence-electron chi connectivity index (χ3n) is 4.21. The first-order valence-corrected chi connectivity index (χ1v) is 8.62. The van der Waals surface area contributed by atoms with Gasteiger partial charge in [-0.2, -0.15) is 0 Å². The highest BCUT2D eigenvalue weighted by molar-refractivity contribution is 7.89. The van der Waals surface area contributed by atoms with E-state index in [0.717, 1.165) is 11.1 Å². The fraction of sp³-hybridized carbons (Fsp3) is 0.500. The lowest BCUT2D eigenvalue weighted by Crippen LogP contribution is -2.36. The number of nitrogens with zero attached hydrogens (tertiary/aromatic N) is 1. The molecule has 0 saturated carbocycles. The van der Waals surface area contributed by atoms with Crippen LogP contribution in [-0.4, -0.2) is 42.7 Å². The molecule has 3 N–H and O–H groups in total. The minimum Gasteiger partial charge on any atom is -0.390 e. The van der Waals surface area contributed by atoms with E-state index in [4.69, 9.17) is 5.14 Å². The van der Waals surface area contributed by atoms with Crippen LogP contribution in [0, 0.1) is 5.92 Å². The summed E-state index contributed by atoms with van der Waals surface area (Å²) in [5, 5.41) is 15.3. The molecule has 2 aliphatic rings. The Bertz CT molecular complexity index is 673. The van der Waals surface area contributed by atoms with E-state index < -0.39 is 16.1 Å². The minimum atomic E-state index is -3.59. The van der Waals surface area contributed by atoms with Crippen molar-refractivity contribution in [1.29, 1.82) is 0 Å². The van der Waals surface area contributed by atoms with E-state index in [-0.39, 0.29) is 30.0 Å². The fourth-order valence-electron chi connectivity index (χ4n) is 3.45. The molecule has 1 aromatic rings. The summed E-state index contributed by atoms with van der Waals surface area (Å²) in [6.07, 6.45) is 0.0475. The van der Waals surface area contributed by atoms with Crippen LogP contribution in [0.1, 0.15) is 23.6 Å². The van der Waals surface area contributed by atoms with Gasteiger partial charge >= 0.3 is 0 Å². The van der Waals surface area contributed by atoms with Crippen molar-refractivity contribution in [1.82, 2.24) is 4.90 Å². The standard InChI is InChI=1S/C14H18N2O4S/c15-21(19,20)8-9-5-13(18)16(7-9)14-11-4-2-1-3-10(11)6-12(14)17/h1-4,9,12,14,17H,5-8H2,(H2,15,19,20). The Hall–Kier alpha value is -1.44. The van der Waals surface area contributed by atoms with Gasteiger partial charge in [-0.25, -0.2) is 13.6 Å². The van der Waals surface area contributed by atoms with E-state index in [9.17, 15) is 18.3 Å². The van der Waals surface area contributed by atoms with Crippen molar-refractivity contribution in [2.45, 2.75) is 25.0 Å². The molecule has 0 bridgehead atoms. The van der Waals surface area contributed by atoms with Crippen LogP contribution in [-0.2, 0) is 21.2 Å². The number of likely N-dealkylation sites (tertiary alicyclic amines) is 1. The summed E-state index contributed by atoms with van der Waals surface area (Å²) in [7, 11) is -3.59. The monoisotopic (exact) mass is 310 g/mol. The van der Waals surface area contributed by atoms with Crippen LogP contribution in [0.25, 0.3) is 0 Å². The zero-order valence-electron chi connectivity index (χ0n) is 11.5. The molecule has 0 radical (unpaired) electrons. The number of hydrogen-bond donors (Lipinski definition) is 2. The molecule has 3 atom stereocenters. The van der Waals surface area contributed by atoms with Crippen LogP contribution in [0.4, 0.5) is 0 Å². The molecule has 1 aliphatic carbocycles. The van der Waals surface area contributed by atoms with Gasteiger partial charge in [0.05, 0.1) is 17.9 Å². The van der Waals surface area contributed by atoms with Gasteiger partial charge in [-0.1, -0.05) is 24.3 Å². The van der Waals surface area contributed by atoms with Gasteiger partial charge in [0.2, 0.25) is 15.9 Å². The molecule has 0 aromatic heterocycles. The highest BCUT2D eigenvalue weighted by Gasteiger charge is 2.42. The zero-order valence-corrected chi connectivity index (χ0v) is 12.3. The van der Waals surface area contributed by atoms with Crippen LogP contribution in [0.2, 0.25) is 0 Å². The number of aliphatic hydroxyl groups excluding tert-OH is 1. The molecule has 3 rings (SSSR count). The Morgan fingerprint density at radius 1 is 1.29 bits per heavy atom. The molecule has 6 nitrogen and oxygen atoms in total. The molecular formula is C14H18N2O4S. The highest BCUT2D eigenvalue weighted by atomic mass is 32.2. The van der Waals surface area contributed by atoms with Crippen LogP contribution >= 0.6 is 0 Å². The molecule has 1 fully saturated rings. The molecule has 0 spiro atoms. The summed E-state index contributed by atoms with van der Waals surface area (Å²) < 4.78 is 22.4. The van der Waals surface area contributed by atoms with Crippen LogP contribution in [0.5, 0.6) is 0 Å². The average molecular weight is 310 g/mol. The number of carbonyl (C=O) groups excluding carboxylic acids is 1. The van der Waals surface area contributed by atoms with E-state index in [1.54, 1.807) is 4.90 Å². The maximum atomic E-state index is 12.2. The van der Waals surface area contributed by atoms with E-state index >= 15 is 0 Å². The zero-order chi connectivity index (χ0) is 15.2. The number of amides is 1. The number of nitrogens with two attached hydrogens (primary N) is 1. The van der Waals surface area contributed by atoms with Crippen molar-refractivity contribution < 1.29 is 18.3 Å². The summed E-state index contributed by atoms with van der Waals surface area (Å²) >= 11 is 0. The Morgan fingerprint density at radius 2 is 2.00 bits per heavy atom. The van der Waals surface area contributed by atoms with Gasteiger partial charge < -0.3 is 10.0 Å². The first-order valence-electron chi connectivity index (χ1n) is 6.91. The molecular weight excluding hydrogens is 292 g/mol. The van der Waals surface area contributed by atoms with Crippen LogP contribution in [0.15, 0.2) is 24.3 Å². The van der Waals surface area contributed by atoms with Crippen LogP contribution in [0.3, 0.4) is 0 Å². The Morgan fingerprint density at radius 3 is 2.71 bits per heavy atom. The lowest BCUT2D eigenvalue weighted by molar-refractivity contribution is -0.131. The first-order chi connectivity index (χ1) is 9.85. The normalized spacial score (nSPS) is 29.0. The summed E-state index contributed by atoms with van der Waals surface area (Å²) in [6.45, 7) is 0.325. The Balaban J connectivity index is 1.83. The maximum Gasteiger partial charge on any atom is 0.223 e. The molecule has 7 heteroatoms. The number of rotatable bonds is 3. The lowest BCUT2D eigenvalue weighted by atomic mass is 10.1. The molecule has 1 amide bonds. The van der Waals surface area contributed by atoms with Gasteiger partial charge in [-0.15, -0.1) is 0 Å². The first kappa shape index (κ1) is 14.5. The van der Waals surface area contributed by atoms with Gasteiger partial charge in [0, 0.05) is 25.3 Å². The highest BCUT2D eigenvalue weighted by Crippen LogP contribution is 2.39. The van der Waals surface area contributed by atoms with Gasteiger partial charge in [0.15, 0.2) is 0 Å². The van der Waals surface area contributed by atoms with E-state index in [1.165, 1.54) is 0 Å². The Kier molecular flexibility index (Phi) is 3.51. The number of carbonyl (C=O) groups is 1. The number of aliphatic hydroxyl groups is 1. The molecule has 1 heterocycles. The predicted octanol–water partition coefficient (Wildman–Crippen LogP) is -0.218. The summed E-state index contributed by atoms with van der Waals surface area (Å²) in [4.78, 5) is 13.8. The second-order valence-corrected chi connectivity index (χ2v) is 7.52. The van der Waals surface area contributed by atoms with E-state index in [2.05, 4.69) is 0 Å². The molecule has 114 valence electrons. The van der Waals surface area contributed by atoms with Crippen molar-refractivity contribution in [3.8, 4) is 0 Å². The van der Waals surface area contributed by atoms with Gasteiger partial charge in [0.25, 0.3) is 0 Å². The second kappa shape index (κ2) is 5.08. The predicted molar refractivity (Wildman–Crippen MR) is 76.7 cm³/mol. The molecule has 21 heavy (non-hydrogen) atoms. The molecule has 1 aromatic carbocycles. The van der Waals surface area contributed by atoms with Crippen LogP contribution < -0.4 is 5.14 Å². The molecule has 3 unspecified atom stereocenters. The van der Waals surface area contributed by atoms with Crippen molar-refractivity contribution in [3.63, 3.8) is 0 Å². The van der Waals surface area contributed by atoms with Gasteiger partial charge in [-0.3, -0.25) is 4.79 Å². The molecule has 1 aliphatic heterocycles. The third-order valence-corrected chi connectivity index (χ3v) is 5.15. The third kappa shape index (κ3) is 2.81. The van der Waals surface area contributed by atoms with Crippen molar-refractivity contribution in [2.24, 2.45) is 11.1 Å². The number of benzene rings is 1. The number of fused-ring (bicyclic) bond motifs is 1. The van der Waals surface area contributed by atoms with E-state index in [0.29, 0.717) is 13.0 Å². The number of sulfonamides is 1. The second-order valence-electron chi connectivity index (χ2n) is 5.86. The maximum absolute atomic E-state index is 12.2. The Labute approximate surface area is 123 Å². The quantitative estimate of drug-likeness (QED) is 0.806. The average Bonchev–Trinajstić information content (AvgIpc) is 2.86. The fourth-order valence-corrected chi connectivity index (χ4v) is 4.33. The number of primary sulfonamides is 1. The SMILES string of the molecule is NS(=O)(=O)CC1CC(=O)N(C2c3ccccc3CC2O)C1. The van der Waals surface area contributed by atoms with Crippen molar-refractivity contribution in [2.75, 3.05) is 12.3 Å². The largest absolute Gasteiger partial charge is 0.390 e. The smallest absolute Gasteiger partial charge is 0.223 e. The van der Waals surface area contributed by atoms with Crippen molar-refractivity contribution >= 4 is 15.9 Å². The van der Waals surface area contributed by atoms with Gasteiger partial charge in [0.1, 0.15) is 0 Å². The van der Waals surface area contributed by atoms with Gasteiger partial charge in [-0.05, 0) is 11.1 Å². The topological polar surface area (TPSA) is 101 Å². The van der Waals surface area contributed by atoms with E-state index in [1.807, 2.05) is 24.3 Å².